The zero-order valence-corrected chi connectivity index (χ0v) is 19.3. The number of hydrogen-bond acceptors (Lipinski definition) is 5. The molecule has 2 aromatic carbocycles. The number of halogens is 1. The molecule has 0 radical (unpaired) electrons. The Morgan fingerprint density at radius 1 is 1.23 bits per heavy atom. The summed E-state index contributed by atoms with van der Waals surface area (Å²) in [5, 5.41) is 3.37. The van der Waals surface area contributed by atoms with Crippen molar-refractivity contribution in [2.45, 2.75) is 44.4 Å². The summed E-state index contributed by atoms with van der Waals surface area (Å²) in [7, 11) is -3.68. The summed E-state index contributed by atoms with van der Waals surface area (Å²) in [6, 6.07) is 9.64. The van der Waals surface area contributed by atoms with Crippen molar-refractivity contribution < 1.29 is 17.9 Å². The number of aryl methyl sites for hydroxylation is 1. The topological polar surface area (TPSA) is 96.9 Å². The third kappa shape index (κ3) is 5.98. The Kier molecular flexibility index (Phi) is 7.23. The van der Waals surface area contributed by atoms with E-state index >= 15 is 0 Å². The van der Waals surface area contributed by atoms with E-state index in [9.17, 15) is 13.2 Å². The van der Waals surface area contributed by atoms with Crippen molar-refractivity contribution in [3.63, 3.8) is 0 Å². The van der Waals surface area contributed by atoms with Crippen LogP contribution in [-0.4, -0.2) is 33.3 Å². The van der Waals surface area contributed by atoms with Crippen molar-refractivity contribution >= 4 is 39.1 Å². The minimum atomic E-state index is -3.68. The molecular weight excluding hydrogens is 438 g/mol. The van der Waals surface area contributed by atoms with E-state index in [-0.39, 0.29) is 23.3 Å². The standard InChI is InChI=1S/C22H26ClN3O4S/c1-14(2)18-12-19(23)15(3)11-20(18)30-13-22(27)25-16-6-8-17(9-7-16)31(28,29)26-21-5-4-10-24-21/h6-9,11-12,14H,4-5,10,13H2,1-3H3,(H,24,26)(H,25,27). The number of amidine groups is 1. The molecule has 0 aromatic heterocycles. The molecule has 0 saturated carbocycles. The Labute approximate surface area is 187 Å². The second-order valence-corrected chi connectivity index (χ2v) is 9.78. The number of hydrogen-bond donors (Lipinski definition) is 2. The van der Waals surface area contributed by atoms with Crippen LogP contribution in [0.25, 0.3) is 0 Å². The van der Waals surface area contributed by atoms with Gasteiger partial charge in [0, 0.05) is 23.7 Å². The van der Waals surface area contributed by atoms with Crippen LogP contribution in [0.4, 0.5) is 5.69 Å². The lowest BCUT2D eigenvalue weighted by Crippen LogP contribution is -2.29. The molecular formula is C22H26ClN3O4S. The second kappa shape index (κ2) is 9.70. The van der Waals surface area contributed by atoms with Crippen LogP contribution in [0, 0.1) is 6.92 Å². The van der Waals surface area contributed by atoms with Crippen LogP contribution in [0.2, 0.25) is 5.02 Å². The van der Waals surface area contributed by atoms with Crippen LogP contribution in [0.1, 0.15) is 43.7 Å². The number of nitrogens with zero attached hydrogens (tertiary/aromatic N) is 1. The summed E-state index contributed by atoms with van der Waals surface area (Å²) in [6.45, 7) is 6.39. The maximum absolute atomic E-state index is 12.4. The molecule has 31 heavy (non-hydrogen) atoms. The van der Waals surface area contributed by atoms with E-state index < -0.39 is 10.0 Å². The van der Waals surface area contributed by atoms with Crippen molar-refractivity contribution in [2.24, 2.45) is 4.99 Å². The maximum Gasteiger partial charge on any atom is 0.262 e. The van der Waals surface area contributed by atoms with Crippen LogP contribution in [0.15, 0.2) is 46.3 Å². The number of benzene rings is 2. The molecule has 166 valence electrons. The van der Waals surface area contributed by atoms with Gasteiger partial charge in [-0.25, -0.2) is 8.42 Å². The fourth-order valence-electron chi connectivity index (χ4n) is 3.14. The molecule has 2 N–H and O–H groups in total. The van der Waals surface area contributed by atoms with E-state index in [4.69, 9.17) is 16.3 Å². The number of amides is 1. The zero-order valence-electron chi connectivity index (χ0n) is 17.7. The van der Waals surface area contributed by atoms with Gasteiger partial charge in [0.1, 0.15) is 11.6 Å². The van der Waals surface area contributed by atoms with Crippen LogP contribution in [0.3, 0.4) is 0 Å². The fourth-order valence-corrected chi connectivity index (χ4v) is 4.40. The number of nitrogens with one attached hydrogen (secondary N) is 2. The van der Waals surface area contributed by atoms with Crippen molar-refractivity contribution in [1.29, 1.82) is 0 Å². The van der Waals surface area contributed by atoms with Crippen molar-refractivity contribution in [3.8, 4) is 5.75 Å². The highest BCUT2D eigenvalue weighted by atomic mass is 35.5. The second-order valence-electron chi connectivity index (χ2n) is 7.69. The van der Waals surface area contributed by atoms with Gasteiger partial charge in [-0.3, -0.25) is 14.5 Å². The smallest absolute Gasteiger partial charge is 0.262 e. The van der Waals surface area contributed by atoms with Crippen LogP contribution in [0.5, 0.6) is 5.75 Å². The van der Waals surface area contributed by atoms with Gasteiger partial charge in [-0.1, -0.05) is 25.4 Å². The minimum absolute atomic E-state index is 0.106. The van der Waals surface area contributed by atoms with E-state index in [1.165, 1.54) is 24.3 Å². The molecule has 1 aliphatic rings. The number of anilines is 1. The SMILES string of the molecule is Cc1cc(OCC(=O)Nc2ccc(S(=O)(=O)NC3=NCCC3)cc2)c(C(C)C)cc1Cl. The van der Waals surface area contributed by atoms with Crippen molar-refractivity contribution in [3.05, 3.63) is 52.5 Å². The molecule has 7 nitrogen and oxygen atoms in total. The third-order valence-electron chi connectivity index (χ3n) is 4.85. The quantitative estimate of drug-likeness (QED) is 0.641. The largest absolute Gasteiger partial charge is 0.483 e. The van der Waals surface area contributed by atoms with Gasteiger partial charge in [0.2, 0.25) is 0 Å². The van der Waals surface area contributed by atoms with Crippen molar-refractivity contribution in [2.75, 3.05) is 18.5 Å². The molecule has 0 unspecified atom stereocenters. The number of ether oxygens (including phenoxy) is 1. The molecule has 0 spiro atoms. The Balaban J connectivity index is 1.61. The lowest BCUT2D eigenvalue weighted by atomic mass is 10.0. The third-order valence-corrected chi connectivity index (χ3v) is 6.65. The summed E-state index contributed by atoms with van der Waals surface area (Å²) < 4.78 is 33.1. The zero-order chi connectivity index (χ0) is 22.6. The van der Waals surface area contributed by atoms with Gasteiger partial charge in [0.05, 0.1) is 4.90 Å². The van der Waals surface area contributed by atoms with Gasteiger partial charge in [-0.15, -0.1) is 0 Å². The Morgan fingerprint density at radius 3 is 2.55 bits per heavy atom. The first kappa shape index (κ1) is 23.1. The molecule has 1 amide bonds. The molecule has 0 bridgehead atoms. The monoisotopic (exact) mass is 463 g/mol. The highest BCUT2D eigenvalue weighted by molar-refractivity contribution is 7.90. The molecule has 0 saturated heterocycles. The summed E-state index contributed by atoms with van der Waals surface area (Å²) in [6.07, 6.45) is 1.47. The molecule has 0 fully saturated rings. The van der Waals surface area contributed by atoms with Crippen molar-refractivity contribution in [1.82, 2.24) is 4.72 Å². The molecule has 1 aliphatic heterocycles. The van der Waals surface area contributed by atoms with E-state index in [2.05, 4.69) is 15.0 Å². The van der Waals surface area contributed by atoms with Gasteiger partial charge in [-0.05, 0) is 66.8 Å². The summed E-state index contributed by atoms with van der Waals surface area (Å²) >= 11 is 6.20. The molecule has 2 aromatic rings. The van der Waals surface area contributed by atoms with Gasteiger partial charge in [0.15, 0.2) is 6.61 Å². The predicted molar refractivity (Wildman–Crippen MR) is 123 cm³/mol. The van der Waals surface area contributed by atoms with Gasteiger partial charge < -0.3 is 10.1 Å². The average Bonchev–Trinajstić information content (AvgIpc) is 3.21. The van der Waals surface area contributed by atoms with Gasteiger partial charge in [-0.2, -0.15) is 0 Å². The van der Waals surface area contributed by atoms with E-state index in [1.807, 2.05) is 32.9 Å². The molecule has 0 atom stereocenters. The predicted octanol–water partition coefficient (Wildman–Crippen LogP) is 4.26. The average molecular weight is 464 g/mol. The van der Waals surface area contributed by atoms with Gasteiger partial charge in [0.25, 0.3) is 15.9 Å². The van der Waals surface area contributed by atoms with Crippen LogP contribution in [-0.2, 0) is 14.8 Å². The number of rotatable bonds is 7. The highest BCUT2D eigenvalue weighted by Gasteiger charge is 2.18. The summed E-state index contributed by atoms with van der Waals surface area (Å²) in [5.41, 5.74) is 2.27. The maximum atomic E-state index is 12.4. The first-order valence-corrected chi connectivity index (χ1v) is 11.9. The Morgan fingerprint density at radius 2 is 1.94 bits per heavy atom. The number of sulfonamides is 1. The number of carbonyl (C=O) groups is 1. The lowest BCUT2D eigenvalue weighted by molar-refractivity contribution is -0.118. The molecule has 0 aliphatic carbocycles. The molecule has 3 rings (SSSR count). The summed E-state index contributed by atoms with van der Waals surface area (Å²) in [5.74, 6) is 0.938. The Hall–Kier alpha value is -2.58. The fraction of sp³-hybridized carbons (Fsp3) is 0.364. The summed E-state index contributed by atoms with van der Waals surface area (Å²) in [4.78, 5) is 16.6. The van der Waals surface area contributed by atoms with Crippen LogP contribution < -0.4 is 14.8 Å². The first-order valence-electron chi connectivity index (χ1n) is 10.0. The minimum Gasteiger partial charge on any atom is -0.483 e. The Bertz CT molecular complexity index is 1100. The van der Waals surface area contributed by atoms with E-state index in [0.29, 0.717) is 35.3 Å². The number of carbonyl (C=O) groups excluding carboxylic acids is 1. The molecule has 1 heterocycles. The molecule has 9 heteroatoms. The normalized spacial score (nSPS) is 13.8. The van der Waals surface area contributed by atoms with E-state index in [0.717, 1.165) is 17.5 Å². The first-order chi connectivity index (χ1) is 14.7. The van der Waals surface area contributed by atoms with E-state index in [1.54, 1.807) is 0 Å². The highest BCUT2D eigenvalue weighted by Crippen LogP contribution is 2.32. The lowest BCUT2D eigenvalue weighted by Gasteiger charge is -2.16. The van der Waals surface area contributed by atoms with Crippen LogP contribution >= 0.6 is 11.6 Å². The number of aliphatic imine (C=N–C) groups is 1. The van der Waals surface area contributed by atoms with Gasteiger partial charge >= 0.3 is 0 Å².